The highest BCUT2D eigenvalue weighted by atomic mass is 35.5. The smallest absolute Gasteiger partial charge is 0.336 e. The van der Waals surface area contributed by atoms with Gasteiger partial charge in [0.25, 0.3) is 5.91 Å². The summed E-state index contributed by atoms with van der Waals surface area (Å²) in [7, 11) is 1.92. The topological polar surface area (TPSA) is 120 Å². The van der Waals surface area contributed by atoms with Crippen LogP contribution in [0.15, 0.2) is 42.6 Å². The number of halogens is 2. The normalized spacial score (nSPS) is 15.1. The lowest BCUT2D eigenvalue weighted by Gasteiger charge is -2.26. The number of hydrogen-bond acceptors (Lipinski definition) is 7. The highest BCUT2D eigenvalue weighted by Gasteiger charge is 2.33. The number of nitrogens with zero attached hydrogens (tertiary/aromatic N) is 7. The van der Waals surface area contributed by atoms with E-state index in [9.17, 15) is 9.90 Å². The Labute approximate surface area is 341 Å². The van der Waals surface area contributed by atoms with E-state index in [1.807, 2.05) is 74.4 Å². The third-order valence-corrected chi connectivity index (χ3v) is 12.4. The number of ether oxygens (including phenoxy) is 2. The molecule has 0 spiro atoms. The second-order valence-electron chi connectivity index (χ2n) is 15.2. The average molecular weight is 813 g/mol. The number of carbonyl (C=O) groups is 2. The van der Waals surface area contributed by atoms with Crippen LogP contribution in [0.3, 0.4) is 0 Å². The van der Waals surface area contributed by atoms with Gasteiger partial charge >= 0.3 is 5.97 Å². The summed E-state index contributed by atoms with van der Waals surface area (Å²) in [5, 5.41) is 22.6. The number of morpholine rings is 1. The second-order valence-corrected chi connectivity index (χ2v) is 15.9. The van der Waals surface area contributed by atoms with Gasteiger partial charge in [-0.1, -0.05) is 29.3 Å². The van der Waals surface area contributed by atoms with E-state index in [0.717, 1.165) is 80.5 Å². The maximum absolute atomic E-state index is 15.3. The fourth-order valence-electron chi connectivity index (χ4n) is 8.61. The van der Waals surface area contributed by atoms with Gasteiger partial charge in [-0.3, -0.25) is 19.1 Å². The number of aromatic nitrogens is 5. The third kappa shape index (κ3) is 7.17. The lowest BCUT2D eigenvalue weighted by Crippen LogP contribution is -2.38. The molecule has 3 aromatic heterocycles. The summed E-state index contributed by atoms with van der Waals surface area (Å²) in [5.41, 5.74) is 9.23. The lowest BCUT2D eigenvalue weighted by molar-refractivity contribution is 0.0361. The van der Waals surface area contributed by atoms with Crippen LogP contribution in [-0.2, 0) is 31.3 Å². The summed E-state index contributed by atoms with van der Waals surface area (Å²) in [4.78, 5) is 32.1. The number of anilines is 1. The number of aryl methyl sites for hydroxylation is 6. The van der Waals surface area contributed by atoms with Gasteiger partial charge in [0.1, 0.15) is 11.4 Å². The van der Waals surface area contributed by atoms with Crippen molar-refractivity contribution < 1.29 is 24.2 Å². The molecule has 5 heterocycles. The highest BCUT2D eigenvalue weighted by Crippen LogP contribution is 2.43. The number of hydrogen-bond donors (Lipinski definition) is 1. The molecule has 1 fully saturated rings. The SMILES string of the molecule is Cc1cc(OCCCc2c3n(c4c(-c5c(C)nn(C)c5C)c(Cl)ccc24)CCCN(c2cc(C(=O)O)c4cnn(CCN5CCOCC5)c4c2)C3=O)cc(C)c1Cl. The monoisotopic (exact) mass is 811 g/mol. The second kappa shape index (κ2) is 15.8. The van der Waals surface area contributed by atoms with Crippen molar-refractivity contribution in [2.75, 3.05) is 50.9 Å². The maximum atomic E-state index is 15.3. The van der Waals surface area contributed by atoms with Crippen molar-refractivity contribution in [2.24, 2.45) is 7.05 Å². The molecule has 1 N–H and O–H groups in total. The van der Waals surface area contributed by atoms with Crippen LogP contribution in [0.4, 0.5) is 5.69 Å². The minimum absolute atomic E-state index is 0.111. The number of carboxylic acids is 1. The Morgan fingerprint density at radius 3 is 2.40 bits per heavy atom. The highest BCUT2D eigenvalue weighted by molar-refractivity contribution is 6.35. The van der Waals surface area contributed by atoms with Crippen LogP contribution in [0.2, 0.25) is 10.0 Å². The molecule has 3 aromatic carbocycles. The molecular weight excluding hydrogens is 765 g/mol. The minimum Gasteiger partial charge on any atom is -0.494 e. The number of fused-ring (bicyclic) bond motifs is 4. The summed E-state index contributed by atoms with van der Waals surface area (Å²) in [6, 6.07) is 11.4. The van der Waals surface area contributed by atoms with Gasteiger partial charge < -0.3 is 24.0 Å². The van der Waals surface area contributed by atoms with E-state index in [1.165, 1.54) is 0 Å². The first-order valence-corrected chi connectivity index (χ1v) is 20.3. The summed E-state index contributed by atoms with van der Waals surface area (Å²) >= 11 is 13.5. The number of aromatic carboxylic acids is 1. The third-order valence-electron chi connectivity index (χ3n) is 11.5. The number of amides is 1. The van der Waals surface area contributed by atoms with Crippen molar-refractivity contribution in [1.29, 1.82) is 0 Å². The van der Waals surface area contributed by atoms with Crippen LogP contribution in [-0.4, -0.2) is 92.0 Å². The molecule has 0 unspecified atom stereocenters. The van der Waals surface area contributed by atoms with Crippen LogP contribution in [0, 0.1) is 27.7 Å². The molecule has 0 bridgehead atoms. The molecule has 12 nitrogen and oxygen atoms in total. The molecule has 57 heavy (non-hydrogen) atoms. The molecule has 8 rings (SSSR count). The van der Waals surface area contributed by atoms with Gasteiger partial charge in [0.2, 0.25) is 0 Å². The van der Waals surface area contributed by atoms with Crippen molar-refractivity contribution in [1.82, 2.24) is 29.0 Å². The molecule has 0 atom stereocenters. The van der Waals surface area contributed by atoms with Crippen molar-refractivity contribution in [3.8, 4) is 16.9 Å². The zero-order valence-electron chi connectivity index (χ0n) is 33.0. The Morgan fingerprint density at radius 2 is 1.70 bits per heavy atom. The number of carbonyl (C=O) groups excluding carboxylic acids is 1. The van der Waals surface area contributed by atoms with E-state index in [-0.39, 0.29) is 11.5 Å². The molecule has 0 aliphatic carbocycles. The van der Waals surface area contributed by atoms with Crippen LogP contribution in [0.25, 0.3) is 32.9 Å². The average Bonchev–Trinajstić information content (AvgIpc) is 3.78. The van der Waals surface area contributed by atoms with E-state index >= 15 is 4.79 Å². The van der Waals surface area contributed by atoms with E-state index in [2.05, 4.69) is 14.6 Å². The Balaban J connectivity index is 1.22. The fraction of sp³-hybridized carbons (Fsp3) is 0.395. The number of carboxylic acid groups (broad SMARTS) is 1. The fourth-order valence-corrected chi connectivity index (χ4v) is 8.97. The van der Waals surface area contributed by atoms with E-state index < -0.39 is 5.97 Å². The Bertz CT molecular complexity index is 2530. The molecule has 2 aliphatic heterocycles. The van der Waals surface area contributed by atoms with Gasteiger partial charge in [0.15, 0.2) is 0 Å². The molecule has 14 heteroatoms. The van der Waals surface area contributed by atoms with E-state index in [0.29, 0.717) is 86.0 Å². The Morgan fingerprint density at radius 1 is 0.947 bits per heavy atom. The van der Waals surface area contributed by atoms with Crippen molar-refractivity contribution in [3.05, 3.63) is 92.0 Å². The summed E-state index contributed by atoms with van der Waals surface area (Å²) in [6.45, 7) is 13.7. The first kappa shape index (κ1) is 39.0. The van der Waals surface area contributed by atoms with E-state index in [1.54, 1.807) is 17.2 Å². The zero-order chi connectivity index (χ0) is 40.1. The minimum atomic E-state index is -1.07. The summed E-state index contributed by atoms with van der Waals surface area (Å²) in [6.07, 6.45) is 3.45. The molecular formula is C43H47Cl2N7O5. The van der Waals surface area contributed by atoms with Crippen LogP contribution >= 0.6 is 23.2 Å². The predicted molar refractivity (Wildman–Crippen MR) is 224 cm³/mol. The van der Waals surface area contributed by atoms with Gasteiger partial charge in [-0.25, -0.2) is 4.79 Å². The van der Waals surface area contributed by atoms with Crippen LogP contribution in [0.5, 0.6) is 5.75 Å². The molecule has 1 amide bonds. The summed E-state index contributed by atoms with van der Waals surface area (Å²) < 4.78 is 17.6. The first-order valence-electron chi connectivity index (χ1n) is 19.5. The maximum Gasteiger partial charge on any atom is 0.336 e. The Kier molecular flexibility index (Phi) is 10.8. The molecule has 298 valence electrons. The standard InChI is InChI=1S/C43H47Cl2N7O5/c1-25-20-30(21-26(2)39(25)45)57-17-6-8-31-32-9-10-35(44)38(37-27(3)47-48(5)28(37)4)40(32)51-12-7-11-50(42(53)41(31)51)29-22-33(43(54)55)34-24-46-52(36(34)23-29)14-13-49-15-18-56-19-16-49/h9-10,20-24H,6-8,11-19H2,1-5H3,(H,54,55). The largest absolute Gasteiger partial charge is 0.494 e. The van der Waals surface area contributed by atoms with Crippen molar-refractivity contribution in [3.63, 3.8) is 0 Å². The molecule has 1 saturated heterocycles. The van der Waals surface area contributed by atoms with Crippen molar-refractivity contribution >= 4 is 62.6 Å². The lowest BCUT2D eigenvalue weighted by atomic mass is 9.98. The van der Waals surface area contributed by atoms with Gasteiger partial charge in [-0.15, -0.1) is 0 Å². The summed E-state index contributed by atoms with van der Waals surface area (Å²) in [5.74, 6) is -0.512. The van der Waals surface area contributed by atoms with E-state index in [4.69, 9.17) is 37.8 Å². The van der Waals surface area contributed by atoms with Crippen LogP contribution < -0.4 is 9.64 Å². The van der Waals surface area contributed by atoms with Gasteiger partial charge in [0.05, 0.1) is 59.9 Å². The Hall–Kier alpha value is -4.88. The first-order chi connectivity index (χ1) is 27.4. The van der Waals surface area contributed by atoms with Gasteiger partial charge in [0, 0.05) is 78.1 Å². The number of rotatable bonds is 11. The molecule has 2 aliphatic rings. The van der Waals surface area contributed by atoms with Crippen LogP contribution in [0.1, 0.15) is 61.8 Å². The van der Waals surface area contributed by atoms with Gasteiger partial charge in [-0.05, 0) is 94.0 Å². The molecule has 6 aromatic rings. The van der Waals surface area contributed by atoms with Crippen molar-refractivity contribution in [2.45, 2.75) is 60.0 Å². The molecule has 0 radical (unpaired) electrons. The predicted octanol–water partition coefficient (Wildman–Crippen LogP) is 8.02. The zero-order valence-corrected chi connectivity index (χ0v) is 34.5. The van der Waals surface area contributed by atoms with Gasteiger partial charge in [-0.2, -0.15) is 10.2 Å². The quantitative estimate of drug-likeness (QED) is 0.131. The number of benzene rings is 3. The molecule has 0 saturated carbocycles.